The molecule has 84 valence electrons. The molecule has 0 bridgehead atoms. The zero-order valence-corrected chi connectivity index (χ0v) is 9.34. The Labute approximate surface area is 94.8 Å². The van der Waals surface area contributed by atoms with Gasteiger partial charge in [-0.05, 0) is 11.6 Å². The van der Waals surface area contributed by atoms with Crippen molar-refractivity contribution in [2.24, 2.45) is 0 Å². The molecule has 0 aliphatic rings. The fraction of sp³-hybridized carbons (Fsp3) is 0.333. The highest BCUT2D eigenvalue weighted by molar-refractivity contribution is 5.57. The zero-order chi connectivity index (χ0) is 11.2. The minimum Gasteiger partial charge on any atom is -0.395 e. The van der Waals surface area contributed by atoms with Crippen LogP contribution in [-0.4, -0.2) is 21.8 Å². The van der Waals surface area contributed by atoms with Crippen LogP contribution in [0, 0.1) is 0 Å². The lowest BCUT2D eigenvalue weighted by atomic mass is 10.2. The summed E-state index contributed by atoms with van der Waals surface area (Å²) in [6, 6.07) is 9.98. The molecule has 1 aromatic heterocycles. The Bertz CT molecular complexity index is 425. The van der Waals surface area contributed by atoms with Crippen LogP contribution in [0.5, 0.6) is 0 Å². The Morgan fingerprint density at radius 2 is 2.06 bits per heavy atom. The van der Waals surface area contributed by atoms with Crippen LogP contribution in [0.25, 0.3) is 11.3 Å². The predicted octanol–water partition coefficient (Wildman–Crippen LogP) is 2.17. The summed E-state index contributed by atoms with van der Waals surface area (Å²) in [7, 11) is 0. The van der Waals surface area contributed by atoms with Crippen LogP contribution < -0.4 is 4.84 Å². The standard InChI is InChI=1S/C12H15N3O/c1-2-3-9-16-15-12(10-13-14-15)11-7-5-4-6-8-11/h4-8,10H,2-3,9H2,1H3. The SMILES string of the molecule is CCCCOn1nncc1-c1ccccc1. The van der Waals surface area contributed by atoms with Crippen LogP contribution >= 0.6 is 0 Å². The van der Waals surface area contributed by atoms with Gasteiger partial charge in [-0.25, -0.2) is 0 Å². The van der Waals surface area contributed by atoms with E-state index in [0.29, 0.717) is 6.61 Å². The van der Waals surface area contributed by atoms with Crippen molar-refractivity contribution in [1.82, 2.24) is 15.2 Å². The van der Waals surface area contributed by atoms with E-state index >= 15 is 0 Å². The van der Waals surface area contributed by atoms with Crippen molar-refractivity contribution in [3.8, 4) is 11.3 Å². The second-order valence-corrected chi connectivity index (χ2v) is 3.54. The molecule has 0 atom stereocenters. The van der Waals surface area contributed by atoms with E-state index in [4.69, 9.17) is 4.84 Å². The molecule has 16 heavy (non-hydrogen) atoms. The second-order valence-electron chi connectivity index (χ2n) is 3.54. The van der Waals surface area contributed by atoms with Crippen molar-refractivity contribution in [3.63, 3.8) is 0 Å². The van der Waals surface area contributed by atoms with Crippen molar-refractivity contribution in [1.29, 1.82) is 0 Å². The highest BCUT2D eigenvalue weighted by Crippen LogP contribution is 2.15. The van der Waals surface area contributed by atoms with Gasteiger partial charge in [-0.1, -0.05) is 48.5 Å². The van der Waals surface area contributed by atoms with Gasteiger partial charge in [0.05, 0.1) is 6.20 Å². The first-order chi connectivity index (χ1) is 7.92. The highest BCUT2D eigenvalue weighted by Gasteiger charge is 2.06. The summed E-state index contributed by atoms with van der Waals surface area (Å²) in [6.45, 7) is 2.79. The Morgan fingerprint density at radius 1 is 1.25 bits per heavy atom. The average Bonchev–Trinajstić information content (AvgIpc) is 2.79. The summed E-state index contributed by atoms with van der Waals surface area (Å²) < 4.78 is 0. The van der Waals surface area contributed by atoms with Crippen LogP contribution in [0.4, 0.5) is 0 Å². The summed E-state index contributed by atoms with van der Waals surface area (Å²) in [5.41, 5.74) is 1.95. The van der Waals surface area contributed by atoms with Crippen molar-refractivity contribution in [2.45, 2.75) is 19.8 Å². The van der Waals surface area contributed by atoms with Crippen molar-refractivity contribution < 1.29 is 4.84 Å². The second kappa shape index (κ2) is 5.30. The molecule has 0 N–H and O–H groups in total. The van der Waals surface area contributed by atoms with Crippen molar-refractivity contribution in [3.05, 3.63) is 36.5 Å². The molecule has 0 aliphatic heterocycles. The lowest BCUT2D eigenvalue weighted by Crippen LogP contribution is -2.15. The molecule has 0 radical (unpaired) electrons. The van der Waals surface area contributed by atoms with Gasteiger partial charge in [-0.2, -0.15) is 0 Å². The highest BCUT2D eigenvalue weighted by atomic mass is 16.7. The summed E-state index contributed by atoms with van der Waals surface area (Å²) in [6.07, 6.45) is 3.84. The fourth-order valence-electron chi connectivity index (χ4n) is 1.41. The van der Waals surface area contributed by atoms with Gasteiger partial charge >= 0.3 is 0 Å². The predicted molar refractivity (Wildman–Crippen MR) is 61.8 cm³/mol. The molecule has 0 aliphatic carbocycles. The van der Waals surface area contributed by atoms with E-state index in [0.717, 1.165) is 24.1 Å². The lowest BCUT2D eigenvalue weighted by molar-refractivity contribution is 0.0797. The molecule has 2 aromatic rings. The molecule has 4 heteroatoms. The minimum atomic E-state index is 0.666. The number of hydrogen-bond donors (Lipinski definition) is 0. The monoisotopic (exact) mass is 217 g/mol. The minimum absolute atomic E-state index is 0.666. The summed E-state index contributed by atoms with van der Waals surface area (Å²) in [5.74, 6) is 0. The van der Waals surface area contributed by atoms with E-state index in [2.05, 4.69) is 17.2 Å². The molecule has 0 spiro atoms. The number of benzene rings is 1. The van der Waals surface area contributed by atoms with Gasteiger partial charge in [0.1, 0.15) is 12.3 Å². The molecule has 1 heterocycles. The number of rotatable bonds is 5. The van der Waals surface area contributed by atoms with E-state index in [1.54, 1.807) is 6.20 Å². The summed E-state index contributed by atoms with van der Waals surface area (Å²) in [4.78, 5) is 7.01. The Morgan fingerprint density at radius 3 is 2.81 bits per heavy atom. The third-order valence-corrected chi connectivity index (χ3v) is 2.30. The van der Waals surface area contributed by atoms with Crippen LogP contribution in [0.15, 0.2) is 36.5 Å². The number of aromatic nitrogens is 3. The van der Waals surface area contributed by atoms with Crippen LogP contribution in [-0.2, 0) is 0 Å². The first kappa shape index (κ1) is 10.7. The van der Waals surface area contributed by atoms with Gasteiger partial charge < -0.3 is 4.84 Å². The molecule has 0 unspecified atom stereocenters. The zero-order valence-electron chi connectivity index (χ0n) is 9.34. The lowest BCUT2D eigenvalue weighted by Gasteiger charge is -2.06. The van der Waals surface area contributed by atoms with Gasteiger partial charge in [0.15, 0.2) is 0 Å². The smallest absolute Gasteiger partial charge is 0.130 e. The Hall–Kier alpha value is -1.84. The van der Waals surface area contributed by atoms with Gasteiger partial charge in [-0.15, -0.1) is 5.10 Å². The average molecular weight is 217 g/mol. The van der Waals surface area contributed by atoms with Crippen molar-refractivity contribution in [2.75, 3.05) is 6.61 Å². The maximum Gasteiger partial charge on any atom is 0.130 e. The maximum atomic E-state index is 5.52. The van der Waals surface area contributed by atoms with Gasteiger partial charge in [0.2, 0.25) is 0 Å². The van der Waals surface area contributed by atoms with Gasteiger partial charge in [0, 0.05) is 5.56 Å². The largest absolute Gasteiger partial charge is 0.395 e. The Kier molecular flexibility index (Phi) is 3.53. The van der Waals surface area contributed by atoms with E-state index in [1.807, 2.05) is 30.3 Å². The normalized spacial score (nSPS) is 10.3. The van der Waals surface area contributed by atoms with E-state index in [-0.39, 0.29) is 0 Å². The molecule has 0 saturated heterocycles. The van der Waals surface area contributed by atoms with Crippen LogP contribution in [0.1, 0.15) is 19.8 Å². The summed E-state index contributed by atoms with van der Waals surface area (Å²) >= 11 is 0. The molecular formula is C12H15N3O. The van der Waals surface area contributed by atoms with E-state index < -0.39 is 0 Å². The summed E-state index contributed by atoms with van der Waals surface area (Å²) in [5, 5.41) is 7.77. The molecule has 1 aromatic carbocycles. The quantitative estimate of drug-likeness (QED) is 0.721. The van der Waals surface area contributed by atoms with Crippen molar-refractivity contribution >= 4 is 0 Å². The van der Waals surface area contributed by atoms with Crippen LogP contribution in [0.2, 0.25) is 0 Å². The van der Waals surface area contributed by atoms with Gasteiger partial charge in [-0.3, -0.25) is 0 Å². The molecule has 4 nitrogen and oxygen atoms in total. The number of nitrogens with zero attached hydrogens (tertiary/aromatic N) is 3. The molecule has 0 fully saturated rings. The number of hydrogen-bond acceptors (Lipinski definition) is 3. The molecular weight excluding hydrogens is 202 g/mol. The number of unbranched alkanes of at least 4 members (excludes halogenated alkanes) is 1. The topological polar surface area (TPSA) is 39.9 Å². The first-order valence-corrected chi connectivity index (χ1v) is 5.51. The molecule has 0 amide bonds. The van der Waals surface area contributed by atoms with Crippen LogP contribution in [0.3, 0.4) is 0 Å². The first-order valence-electron chi connectivity index (χ1n) is 5.51. The Balaban J connectivity index is 2.13. The third-order valence-electron chi connectivity index (χ3n) is 2.30. The molecule has 0 saturated carbocycles. The van der Waals surface area contributed by atoms with E-state index in [9.17, 15) is 0 Å². The van der Waals surface area contributed by atoms with Gasteiger partial charge in [0.25, 0.3) is 0 Å². The third kappa shape index (κ3) is 2.39. The van der Waals surface area contributed by atoms with E-state index in [1.165, 1.54) is 4.85 Å². The molecule has 2 rings (SSSR count). The fourth-order valence-corrected chi connectivity index (χ4v) is 1.41. The maximum absolute atomic E-state index is 5.52.